The summed E-state index contributed by atoms with van der Waals surface area (Å²) >= 11 is 0. The Morgan fingerprint density at radius 1 is 1.19 bits per heavy atom. The lowest BCUT2D eigenvalue weighted by Crippen LogP contribution is -2.48. The molecule has 0 saturated carbocycles. The van der Waals surface area contributed by atoms with Crippen LogP contribution in [0.3, 0.4) is 0 Å². The van der Waals surface area contributed by atoms with Gasteiger partial charge in [0.15, 0.2) is 0 Å². The summed E-state index contributed by atoms with van der Waals surface area (Å²) in [6.45, 7) is 10.3. The van der Waals surface area contributed by atoms with E-state index in [-0.39, 0.29) is 17.1 Å². The molecule has 0 amide bonds. The maximum absolute atomic E-state index is 12.6. The van der Waals surface area contributed by atoms with Gasteiger partial charge in [0.25, 0.3) is 0 Å². The van der Waals surface area contributed by atoms with Crippen molar-refractivity contribution in [2.45, 2.75) is 63.7 Å². The van der Waals surface area contributed by atoms with Crippen LogP contribution in [0.2, 0.25) is 0 Å². The van der Waals surface area contributed by atoms with Gasteiger partial charge in [-0.3, -0.25) is 4.79 Å². The summed E-state index contributed by atoms with van der Waals surface area (Å²) in [6, 6.07) is 6.20. The topological polar surface area (TPSA) is 105 Å². The molecule has 0 aliphatic heterocycles. The van der Waals surface area contributed by atoms with Gasteiger partial charge >= 0.3 is 5.97 Å². The second kappa shape index (κ2) is 8.16. The molecule has 0 bridgehead atoms. The molecule has 1 N–H and O–H groups in total. The third-order valence-corrected chi connectivity index (χ3v) is 4.41. The minimum absolute atomic E-state index is 0.110. The van der Waals surface area contributed by atoms with Gasteiger partial charge in [0, 0.05) is 0 Å². The van der Waals surface area contributed by atoms with Crippen LogP contribution in [-0.2, 0) is 24.3 Å². The summed E-state index contributed by atoms with van der Waals surface area (Å²) in [4.78, 5) is 12.3. The Hall–Kier alpha value is -1.95. The molecule has 0 aliphatic carbocycles. The van der Waals surface area contributed by atoms with Crippen molar-refractivity contribution in [3.63, 3.8) is 0 Å². The van der Waals surface area contributed by atoms with Gasteiger partial charge in [0.2, 0.25) is 10.0 Å². The van der Waals surface area contributed by atoms with E-state index in [0.29, 0.717) is 0 Å². The number of ether oxygens (including phenoxy) is 2. The molecule has 0 spiro atoms. The molecule has 1 rings (SSSR count). The Labute approximate surface area is 155 Å². The molecule has 1 aromatic carbocycles. The third-order valence-electron chi connectivity index (χ3n) is 2.95. The zero-order chi connectivity index (χ0) is 20.2. The van der Waals surface area contributed by atoms with E-state index in [1.165, 1.54) is 24.3 Å². The summed E-state index contributed by atoms with van der Waals surface area (Å²) in [7, 11) is -4.04. The largest absolute Gasteiger partial charge is 0.459 e. The van der Waals surface area contributed by atoms with E-state index < -0.39 is 33.2 Å². The number of sulfonamides is 1. The molecule has 8 heteroatoms. The predicted molar refractivity (Wildman–Crippen MR) is 96.8 cm³/mol. The second-order valence-corrected chi connectivity index (χ2v) is 9.48. The molecule has 0 saturated heterocycles. The summed E-state index contributed by atoms with van der Waals surface area (Å²) in [5.74, 6) is -0.734. The Balaban J connectivity index is 3.09. The van der Waals surface area contributed by atoms with Gasteiger partial charge in [0.05, 0.1) is 28.7 Å². The highest BCUT2D eigenvalue weighted by molar-refractivity contribution is 7.89. The Bertz CT molecular complexity index is 783. The monoisotopic (exact) mass is 382 g/mol. The average molecular weight is 382 g/mol. The summed E-state index contributed by atoms with van der Waals surface area (Å²) in [5.41, 5.74) is -1.14. The van der Waals surface area contributed by atoms with Crippen LogP contribution in [0.25, 0.3) is 0 Å². The van der Waals surface area contributed by atoms with Gasteiger partial charge in [0.1, 0.15) is 11.6 Å². The van der Waals surface area contributed by atoms with E-state index in [2.05, 4.69) is 4.72 Å². The van der Waals surface area contributed by atoms with Crippen LogP contribution in [0.4, 0.5) is 0 Å². The number of rotatable bonds is 6. The first-order valence-electron chi connectivity index (χ1n) is 8.13. The third kappa shape index (κ3) is 7.52. The highest BCUT2D eigenvalue weighted by Crippen LogP contribution is 2.15. The molecule has 0 radical (unpaired) electrons. The van der Waals surface area contributed by atoms with Crippen LogP contribution >= 0.6 is 0 Å². The van der Waals surface area contributed by atoms with Crippen LogP contribution in [0.15, 0.2) is 29.2 Å². The molecule has 0 aliphatic rings. The lowest BCUT2D eigenvalue weighted by molar-refractivity contribution is -0.159. The smallest absolute Gasteiger partial charge is 0.327 e. The first kappa shape index (κ1) is 22.1. The second-order valence-electron chi connectivity index (χ2n) is 7.77. The fourth-order valence-corrected chi connectivity index (χ4v) is 3.06. The standard InChI is InChI=1S/C18H26N2O5S/c1-17(2,3)24-12-15(16(21)25-18(4,5)6)20-26(22,23)14-9-7-8-13(10-14)11-19/h7-10,15,20H,12H2,1-6H3. The van der Waals surface area contributed by atoms with Crippen molar-refractivity contribution in [1.29, 1.82) is 5.26 Å². The maximum Gasteiger partial charge on any atom is 0.327 e. The predicted octanol–water partition coefficient (Wildman–Crippen LogP) is 2.36. The van der Waals surface area contributed by atoms with Crippen LogP contribution < -0.4 is 4.72 Å². The number of benzene rings is 1. The zero-order valence-electron chi connectivity index (χ0n) is 16.0. The average Bonchev–Trinajstić information content (AvgIpc) is 2.48. The molecular formula is C18H26N2O5S. The number of nitrogens with one attached hydrogen (secondary N) is 1. The van der Waals surface area contributed by atoms with Crippen LogP contribution in [-0.4, -0.2) is 38.2 Å². The number of esters is 1. The zero-order valence-corrected chi connectivity index (χ0v) is 16.8. The number of nitrogens with zero attached hydrogens (tertiary/aromatic N) is 1. The SMILES string of the molecule is CC(C)(C)OCC(NS(=O)(=O)c1cccc(C#N)c1)C(=O)OC(C)(C)C. The summed E-state index contributed by atoms with van der Waals surface area (Å²) < 4.78 is 38.4. The summed E-state index contributed by atoms with van der Waals surface area (Å²) in [5, 5.41) is 8.94. The minimum Gasteiger partial charge on any atom is -0.459 e. The molecule has 1 aromatic rings. The van der Waals surface area contributed by atoms with Crippen LogP contribution in [0.1, 0.15) is 47.1 Å². The number of nitriles is 1. The highest BCUT2D eigenvalue weighted by atomic mass is 32.2. The fourth-order valence-electron chi connectivity index (χ4n) is 1.84. The van der Waals surface area contributed by atoms with E-state index in [1.54, 1.807) is 41.5 Å². The van der Waals surface area contributed by atoms with Crippen LogP contribution in [0.5, 0.6) is 0 Å². The van der Waals surface area contributed by atoms with Crippen molar-refractivity contribution in [3.8, 4) is 6.07 Å². The van der Waals surface area contributed by atoms with E-state index in [4.69, 9.17) is 14.7 Å². The minimum atomic E-state index is -4.04. The highest BCUT2D eigenvalue weighted by Gasteiger charge is 2.31. The first-order valence-corrected chi connectivity index (χ1v) is 9.61. The molecular weight excluding hydrogens is 356 g/mol. The van der Waals surface area contributed by atoms with E-state index in [1.807, 2.05) is 6.07 Å². The number of hydrogen-bond donors (Lipinski definition) is 1. The van der Waals surface area contributed by atoms with Crippen LogP contribution in [0, 0.1) is 11.3 Å². The number of carbonyl (C=O) groups is 1. The first-order chi connectivity index (χ1) is 11.7. The van der Waals surface area contributed by atoms with Gasteiger partial charge in [-0.25, -0.2) is 8.42 Å². The molecule has 26 heavy (non-hydrogen) atoms. The Morgan fingerprint density at radius 2 is 1.81 bits per heavy atom. The normalized spacial score (nSPS) is 13.7. The van der Waals surface area contributed by atoms with Crippen molar-refractivity contribution in [3.05, 3.63) is 29.8 Å². The lowest BCUT2D eigenvalue weighted by atomic mass is 10.2. The van der Waals surface area contributed by atoms with Gasteiger partial charge in [-0.05, 0) is 59.7 Å². The molecule has 0 heterocycles. The van der Waals surface area contributed by atoms with Crippen molar-refractivity contribution >= 4 is 16.0 Å². The fraction of sp³-hybridized carbons (Fsp3) is 0.556. The van der Waals surface area contributed by atoms with E-state index in [9.17, 15) is 13.2 Å². The molecule has 1 atom stereocenters. The van der Waals surface area contributed by atoms with Gasteiger partial charge in [-0.2, -0.15) is 9.98 Å². The maximum atomic E-state index is 12.6. The van der Waals surface area contributed by atoms with Crippen molar-refractivity contribution in [1.82, 2.24) is 4.72 Å². The van der Waals surface area contributed by atoms with Crippen molar-refractivity contribution in [2.75, 3.05) is 6.61 Å². The van der Waals surface area contributed by atoms with E-state index in [0.717, 1.165) is 0 Å². The Morgan fingerprint density at radius 3 is 2.31 bits per heavy atom. The number of carbonyl (C=O) groups excluding carboxylic acids is 1. The molecule has 0 fully saturated rings. The summed E-state index contributed by atoms with van der Waals surface area (Å²) in [6.07, 6.45) is 0. The Kier molecular flexibility index (Phi) is 6.94. The molecule has 1 unspecified atom stereocenters. The lowest BCUT2D eigenvalue weighted by Gasteiger charge is -2.27. The quantitative estimate of drug-likeness (QED) is 0.757. The van der Waals surface area contributed by atoms with Gasteiger partial charge in [-0.15, -0.1) is 0 Å². The molecule has 0 aromatic heterocycles. The van der Waals surface area contributed by atoms with Crippen molar-refractivity contribution < 1.29 is 22.7 Å². The number of hydrogen-bond acceptors (Lipinski definition) is 6. The van der Waals surface area contributed by atoms with E-state index >= 15 is 0 Å². The molecule has 7 nitrogen and oxygen atoms in total. The van der Waals surface area contributed by atoms with Gasteiger partial charge in [-0.1, -0.05) is 6.07 Å². The van der Waals surface area contributed by atoms with Gasteiger partial charge < -0.3 is 9.47 Å². The molecule has 144 valence electrons. The van der Waals surface area contributed by atoms with Crippen molar-refractivity contribution in [2.24, 2.45) is 0 Å².